The average Bonchev–Trinajstić information content (AvgIpc) is 2.48. The minimum atomic E-state index is -1.11. The minimum Gasteiger partial charge on any atom is -0.507 e. The molecule has 0 atom stereocenters. The predicted molar refractivity (Wildman–Crippen MR) is 73.8 cm³/mol. The Bertz CT molecular complexity index is 682. The number of phenols is 1. The van der Waals surface area contributed by atoms with Gasteiger partial charge in [0.2, 0.25) is 0 Å². The molecule has 0 bridgehead atoms. The van der Waals surface area contributed by atoms with Crippen LogP contribution in [0.15, 0.2) is 36.5 Å². The number of carboxylic acids is 1. The van der Waals surface area contributed by atoms with E-state index in [0.29, 0.717) is 5.75 Å². The van der Waals surface area contributed by atoms with Crippen molar-refractivity contribution in [1.29, 1.82) is 0 Å². The van der Waals surface area contributed by atoms with Gasteiger partial charge in [0.05, 0.1) is 18.2 Å². The molecule has 3 N–H and O–H groups in total. The largest absolute Gasteiger partial charge is 0.507 e. The van der Waals surface area contributed by atoms with E-state index in [1.54, 1.807) is 0 Å². The van der Waals surface area contributed by atoms with Gasteiger partial charge >= 0.3 is 5.97 Å². The van der Waals surface area contributed by atoms with Crippen molar-refractivity contribution in [2.24, 2.45) is 0 Å². The third-order valence-corrected chi connectivity index (χ3v) is 2.70. The Kier molecular flexibility index (Phi) is 4.03. The molecule has 0 saturated carbocycles. The van der Waals surface area contributed by atoms with E-state index < -0.39 is 11.9 Å². The first-order valence-electron chi connectivity index (χ1n) is 5.89. The zero-order valence-electron chi connectivity index (χ0n) is 11.0. The molecule has 0 aliphatic carbocycles. The smallest absolute Gasteiger partial charge is 0.337 e. The highest BCUT2D eigenvalue weighted by Gasteiger charge is 2.13. The van der Waals surface area contributed by atoms with Crippen molar-refractivity contribution < 1.29 is 24.5 Å². The number of aromatic carboxylic acids is 1. The number of amides is 1. The monoisotopic (exact) mass is 288 g/mol. The Morgan fingerprint density at radius 3 is 2.57 bits per heavy atom. The average molecular weight is 288 g/mol. The maximum absolute atomic E-state index is 12.0. The number of pyridine rings is 1. The van der Waals surface area contributed by atoms with Gasteiger partial charge in [0, 0.05) is 6.20 Å². The molecule has 0 radical (unpaired) electrons. The van der Waals surface area contributed by atoms with Gasteiger partial charge in [-0.1, -0.05) is 0 Å². The maximum Gasteiger partial charge on any atom is 0.337 e. The molecule has 0 aliphatic heterocycles. The van der Waals surface area contributed by atoms with E-state index >= 15 is 0 Å². The second kappa shape index (κ2) is 5.91. The van der Waals surface area contributed by atoms with Crippen molar-refractivity contribution in [1.82, 2.24) is 4.98 Å². The van der Waals surface area contributed by atoms with Crippen LogP contribution in [0, 0.1) is 0 Å². The summed E-state index contributed by atoms with van der Waals surface area (Å²) >= 11 is 0. The van der Waals surface area contributed by atoms with Crippen LogP contribution in [-0.2, 0) is 0 Å². The third-order valence-electron chi connectivity index (χ3n) is 2.70. The number of hydrogen-bond donors (Lipinski definition) is 3. The molecule has 7 heteroatoms. The van der Waals surface area contributed by atoms with Crippen LogP contribution in [0.25, 0.3) is 0 Å². The van der Waals surface area contributed by atoms with Crippen molar-refractivity contribution in [3.63, 3.8) is 0 Å². The molecule has 21 heavy (non-hydrogen) atoms. The lowest BCUT2D eigenvalue weighted by atomic mass is 10.1. The summed E-state index contributed by atoms with van der Waals surface area (Å²) in [7, 11) is 1.44. The van der Waals surface area contributed by atoms with Crippen molar-refractivity contribution in [2.45, 2.75) is 0 Å². The molecular formula is C14H12N2O5. The number of carbonyl (C=O) groups excluding carboxylic acids is 1. The number of rotatable bonds is 4. The van der Waals surface area contributed by atoms with Gasteiger partial charge in [-0.3, -0.25) is 4.79 Å². The minimum absolute atomic E-state index is 0.0113. The number of benzene rings is 1. The predicted octanol–water partition coefficient (Wildman–Crippen LogP) is 1.75. The summed E-state index contributed by atoms with van der Waals surface area (Å²) in [6.07, 6.45) is 1.13. The normalized spacial score (nSPS) is 9.95. The lowest BCUT2D eigenvalue weighted by Crippen LogP contribution is -2.13. The first-order valence-corrected chi connectivity index (χ1v) is 5.89. The molecular weight excluding hydrogens is 276 g/mol. The molecule has 0 spiro atoms. The fraction of sp³-hybridized carbons (Fsp3) is 0.0714. The van der Waals surface area contributed by atoms with Crippen molar-refractivity contribution >= 4 is 17.7 Å². The van der Waals surface area contributed by atoms with Crippen molar-refractivity contribution in [2.75, 3.05) is 12.4 Å². The van der Waals surface area contributed by atoms with Crippen molar-refractivity contribution in [3.05, 3.63) is 47.7 Å². The Labute approximate surface area is 119 Å². The van der Waals surface area contributed by atoms with E-state index in [1.165, 1.54) is 37.4 Å². The van der Waals surface area contributed by atoms with E-state index in [2.05, 4.69) is 10.3 Å². The number of ether oxygens (including phenoxy) is 1. The summed E-state index contributed by atoms with van der Waals surface area (Å²) in [6, 6.07) is 6.92. The highest BCUT2D eigenvalue weighted by Crippen LogP contribution is 2.23. The molecule has 0 unspecified atom stereocenters. The molecule has 108 valence electrons. The van der Waals surface area contributed by atoms with Crippen molar-refractivity contribution in [3.8, 4) is 11.5 Å². The van der Waals surface area contributed by atoms with E-state index in [0.717, 1.165) is 6.20 Å². The molecule has 2 aromatic rings. The van der Waals surface area contributed by atoms with Gasteiger partial charge in [-0.15, -0.1) is 0 Å². The Morgan fingerprint density at radius 2 is 2.00 bits per heavy atom. The summed E-state index contributed by atoms with van der Waals surface area (Å²) in [5.74, 6) is -1.29. The van der Waals surface area contributed by atoms with Crippen LogP contribution in [0.3, 0.4) is 0 Å². The SMILES string of the molecule is COc1ccc(O)c(C(=O)Nc2ccc(C(=O)O)cn2)c1. The van der Waals surface area contributed by atoms with E-state index in [1.807, 2.05) is 0 Å². The molecule has 2 rings (SSSR count). The molecule has 0 fully saturated rings. The number of nitrogens with one attached hydrogen (secondary N) is 1. The second-order valence-corrected chi connectivity index (χ2v) is 4.07. The highest BCUT2D eigenvalue weighted by atomic mass is 16.5. The summed E-state index contributed by atoms with van der Waals surface area (Å²) < 4.78 is 4.98. The molecule has 0 aliphatic rings. The number of anilines is 1. The van der Waals surface area contributed by atoms with Crippen LogP contribution in [0.5, 0.6) is 11.5 Å². The first kappa shape index (κ1) is 14.3. The van der Waals surface area contributed by atoms with Gasteiger partial charge in [-0.05, 0) is 30.3 Å². The van der Waals surface area contributed by atoms with E-state index in [9.17, 15) is 14.7 Å². The van der Waals surface area contributed by atoms with Crippen LogP contribution in [0.1, 0.15) is 20.7 Å². The van der Waals surface area contributed by atoms with Gasteiger partial charge in [0.1, 0.15) is 17.3 Å². The molecule has 1 aromatic carbocycles. The standard InChI is InChI=1S/C14H12N2O5/c1-21-9-3-4-11(17)10(6-9)13(18)16-12-5-2-8(7-15-12)14(19)20/h2-7,17H,1H3,(H,19,20)(H,15,16,18). The molecule has 1 amide bonds. The number of aromatic hydroxyl groups is 1. The second-order valence-electron chi connectivity index (χ2n) is 4.07. The lowest BCUT2D eigenvalue weighted by Gasteiger charge is -2.08. The van der Waals surface area contributed by atoms with E-state index in [4.69, 9.17) is 9.84 Å². The quantitative estimate of drug-likeness (QED) is 0.790. The van der Waals surface area contributed by atoms with Gasteiger partial charge in [-0.25, -0.2) is 9.78 Å². The fourth-order valence-corrected chi connectivity index (χ4v) is 1.60. The number of hydrogen-bond acceptors (Lipinski definition) is 5. The molecule has 7 nitrogen and oxygen atoms in total. The summed E-state index contributed by atoms with van der Waals surface area (Å²) in [5.41, 5.74) is 0.0377. The number of phenolic OH excluding ortho intramolecular Hbond substituents is 1. The highest BCUT2D eigenvalue weighted by molar-refractivity contribution is 6.06. The number of carbonyl (C=O) groups is 2. The number of nitrogens with zero attached hydrogens (tertiary/aromatic N) is 1. The van der Waals surface area contributed by atoms with Gasteiger partial charge < -0.3 is 20.3 Å². The first-order chi connectivity index (χ1) is 10.0. The number of carboxylic acid groups (broad SMARTS) is 1. The van der Waals surface area contributed by atoms with Crippen LogP contribution in [0.2, 0.25) is 0 Å². The van der Waals surface area contributed by atoms with Gasteiger partial charge in [0.25, 0.3) is 5.91 Å². The summed E-state index contributed by atoms with van der Waals surface area (Å²) in [6.45, 7) is 0. The summed E-state index contributed by atoms with van der Waals surface area (Å²) in [5, 5.41) is 20.9. The Hall–Kier alpha value is -3.09. The molecule has 1 heterocycles. The Balaban J connectivity index is 2.19. The molecule has 0 saturated heterocycles. The Morgan fingerprint density at radius 1 is 1.24 bits per heavy atom. The number of aromatic nitrogens is 1. The zero-order chi connectivity index (χ0) is 15.4. The maximum atomic E-state index is 12.0. The van der Waals surface area contributed by atoms with E-state index in [-0.39, 0.29) is 22.7 Å². The van der Waals surface area contributed by atoms with Gasteiger partial charge in [-0.2, -0.15) is 0 Å². The van der Waals surface area contributed by atoms with Crippen LogP contribution in [0.4, 0.5) is 5.82 Å². The topological polar surface area (TPSA) is 109 Å². The van der Waals surface area contributed by atoms with Crippen LogP contribution < -0.4 is 10.1 Å². The lowest BCUT2D eigenvalue weighted by molar-refractivity contribution is 0.0696. The van der Waals surface area contributed by atoms with Crippen LogP contribution >= 0.6 is 0 Å². The fourth-order valence-electron chi connectivity index (χ4n) is 1.60. The molecule has 1 aromatic heterocycles. The van der Waals surface area contributed by atoms with Gasteiger partial charge in [0.15, 0.2) is 0 Å². The third kappa shape index (κ3) is 3.27. The zero-order valence-corrected chi connectivity index (χ0v) is 11.0. The summed E-state index contributed by atoms with van der Waals surface area (Å²) in [4.78, 5) is 26.5. The van der Waals surface area contributed by atoms with Crippen LogP contribution in [-0.4, -0.2) is 34.2 Å². The number of methoxy groups -OCH3 is 1.